The predicted octanol–water partition coefficient (Wildman–Crippen LogP) is 1.60. The first kappa shape index (κ1) is 9.31. The van der Waals surface area contributed by atoms with Gasteiger partial charge in [0, 0.05) is 18.9 Å². The molecular formula is C11H15NO2. The van der Waals surface area contributed by atoms with E-state index in [2.05, 4.69) is 6.20 Å². The number of aryl methyl sites for hydroxylation is 1. The molecule has 0 aromatic carbocycles. The first-order valence-electron chi connectivity index (χ1n) is 5.01. The summed E-state index contributed by atoms with van der Waals surface area (Å²) in [5.74, 6) is 0.0965. The van der Waals surface area contributed by atoms with Crippen LogP contribution < -0.4 is 0 Å². The number of carbonyl (C=O) groups is 1. The highest BCUT2D eigenvalue weighted by Gasteiger charge is 2.22. The summed E-state index contributed by atoms with van der Waals surface area (Å²) in [6, 6.07) is 2.02. The molecular weight excluding hydrogens is 178 g/mol. The van der Waals surface area contributed by atoms with E-state index in [1.807, 2.05) is 17.7 Å². The molecule has 76 valence electrons. The van der Waals surface area contributed by atoms with Gasteiger partial charge < -0.3 is 9.67 Å². The molecule has 14 heavy (non-hydrogen) atoms. The van der Waals surface area contributed by atoms with Crippen molar-refractivity contribution < 1.29 is 9.90 Å². The second-order valence-corrected chi connectivity index (χ2v) is 4.17. The maximum absolute atomic E-state index is 10.6. The lowest BCUT2D eigenvalue weighted by Gasteiger charge is -1.96. The summed E-state index contributed by atoms with van der Waals surface area (Å²) in [5.41, 5.74) is 2.18. The fraction of sp³-hybridized carbons (Fsp3) is 0.545. The van der Waals surface area contributed by atoms with Crippen molar-refractivity contribution in [3.05, 3.63) is 23.5 Å². The average molecular weight is 193 g/mol. The molecule has 1 N–H and O–H groups in total. The van der Waals surface area contributed by atoms with Crippen LogP contribution >= 0.6 is 0 Å². The third kappa shape index (κ3) is 2.16. The second-order valence-electron chi connectivity index (χ2n) is 4.17. The minimum atomic E-state index is -0.760. The Morgan fingerprint density at radius 1 is 1.64 bits per heavy atom. The molecule has 0 spiro atoms. The number of carboxylic acids is 1. The monoisotopic (exact) mass is 193 g/mol. The van der Waals surface area contributed by atoms with Crippen LogP contribution in [-0.2, 0) is 24.7 Å². The molecule has 0 unspecified atom stereocenters. The van der Waals surface area contributed by atoms with Crippen molar-refractivity contribution >= 4 is 5.97 Å². The molecule has 1 aromatic heterocycles. The number of carboxylic acid groups (broad SMARTS) is 1. The Morgan fingerprint density at radius 2 is 2.36 bits per heavy atom. The van der Waals surface area contributed by atoms with Crippen LogP contribution in [0.2, 0.25) is 0 Å². The smallest absolute Gasteiger partial charge is 0.309 e. The molecule has 3 nitrogen and oxygen atoms in total. The number of rotatable bonds is 4. The molecule has 0 aliphatic heterocycles. The van der Waals surface area contributed by atoms with Gasteiger partial charge in [-0.05, 0) is 36.8 Å². The van der Waals surface area contributed by atoms with Crippen LogP contribution in [0.1, 0.15) is 24.1 Å². The third-order valence-electron chi connectivity index (χ3n) is 2.72. The van der Waals surface area contributed by atoms with Gasteiger partial charge in [0.2, 0.25) is 0 Å². The Labute approximate surface area is 83.4 Å². The van der Waals surface area contributed by atoms with Gasteiger partial charge in [0.1, 0.15) is 0 Å². The SMILES string of the molecule is Cn1cc(CC2CC2)cc1CC(=O)O. The Hall–Kier alpha value is -1.25. The van der Waals surface area contributed by atoms with E-state index >= 15 is 0 Å². The third-order valence-corrected chi connectivity index (χ3v) is 2.72. The van der Waals surface area contributed by atoms with Crippen molar-refractivity contribution in [2.45, 2.75) is 25.7 Å². The van der Waals surface area contributed by atoms with E-state index in [0.717, 1.165) is 18.0 Å². The topological polar surface area (TPSA) is 42.2 Å². The number of aliphatic carboxylic acids is 1. The van der Waals surface area contributed by atoms with Gasteiger partial charge in [0.15, 0.2) is 0 Å². The molecule has 0 bridgehead atoms. The van der Waals surface area contributed by atoms with Crippen molar-refractivity contribution in [1.29, 1.82) is 0 Å². The molecule has 1 heterocycles. The lowest BCUT2D eigenvalue weighted by atomic mass is 10.1. The first-order chi connectivity index (χ1) is 6.65. The summed E-state index contributed by atoms with van der Waals surface area (Å²) < 4.78 is 1.92. The molecule has 0 amide bonds. The van der Waals surface area contributed by atoms with Crippen LogP contribution in [0.15, 0.2) is 12.3 Å². The molecule has 0 radical (unpaired) electrons. The maximum atomic E-state index is 10.6. The molecule has 1 aromatic rings. The van der Waals surface area contributed by atoms with Crippen molar-refractivity contribution in [2.24, 2.45) is 13.0 Å². The quantitative estimate of drug-likeness (QED) is 0.789. The molecule has 3 heteroatoms. The lowest BCUT2D eigenvalue weighted by molar-refractivity contribution is -0.136. The van der Waals surface area contributed by atoms with Crippen molar-refractivity contribution in [3.63, 3.8) is 0 Å². The van der Waals surface area contributed by atoms with Crippen molar-refractivity contribution in [3.8, 4) is 0 Å². The zero-order valence-corrected chi connectivity index (χ0v) is 8.36. The molecule has 2 rings (SSSR count). The molecule has 1 aliphatic rings. The Bertz CT molecular complexity index is 350. The number of nitrogens with zero attached hydrogens (tertiary/aromatic N) is 1. The van der Waals surface area contributed by atoms with Crippen LogP contribution in [0.3, 0.4) is 0 Å². The highest BCUT2D eigenvalue weighted by atomic mass is 16.4. The van der Waals surface area contributed by atoms with Crippen LogP contribution in [0, 0.1) is 5.92 Å². The van der Waals surface area contributed by atoms with Crippen molar-refractivity contribution in [1.82, 2.24) is 4.57 Å². The lowest BCUT2D eigenvalue weighted by Crippen LogP contribution is -2.04. The summed E-state index contributed by atoms with van der Waals surface area (Å²) in [4.78, 5) is 10.6. The molecule has 1 saturated carbocycles. The van der Waals surface area contributed by atoms with Gasteiger partial charge in [-0.15, -0.1) is 0 Å². The van der Waals surface area contributed by atoms with E-state index < -0.39 is 5.97 Å². The molecule has 0 saturated heterocycles. The summed E-state index contributed by atoms with van der Waals surface area (Å²) in [5, 5.41) is 8.68. The zero-order chi connectivity index (χ0) is 10.1. The van der Waals surface area contributed by atoms with Gasteiger partial charge in [-0.2, -0.15) is 0 Å². The fourth-order valence-electron chi connectivity index (χ4n) is 1.78. The van der Waals surface area contributed by atoms with Crippen LogP contribution in [0.4, 0.5) is 0 Å². The summed E-state index contributed by atoms with van der Waals surface area (Å²) in [7, 11) is 1.91. The normalized spacial score (nSPS) is 15.8. The Morgan fingerprint density at radius 3 is 2.93 bits per heavy atom. The Kier molecular flexibility index (Phi) is 2.32. The van der Waals surface area contributed by atoms with E-state index in [1.54, 1.807) is 0 Å². The van der Waals surface area contributed by atoms with Gasteiger partial charge in [-0.25, -0.2) is 0 Å². The highest BCUT2D eigenvalue weighted by molar-refractivity contribution is 5.69. The zero-order valence-electron chi connectivity index (χ0n) is 8.36. The van der Waals surface area contributed by atoms with Gasteiger partial charge >= 0.3 is 5.97 Å². The van der Waals surface area contributed by atoms with Gasteiger partial charge in [0.25, 0.3) is 0 Å². The van der Waals surface area contributed by atoms with Gasteiger partial charge in [-0.1, -0.05) is 0 Å². The predicted molar refractivity (Wildman–Crippen MR) is 53.2 cm³/mol. The minimum Gasteiger partial charge on any atom is -0.481 e. The summed E-state index contributed by atoms with van der Waals surface area (Å²) in [6.45, 7) is 0. The highest BCUT2D eigenvalue weighted by Crippen LogP contribution is 2.32. The van der Waals surface area contributed by atoms with Gasteiger partial charge in [-0.3, -0.25) is 4.79 Å². The molecule has 1 fully saturated rings. The average Bonchev–Trinajstić information content (AvgIpc) is 2.79. The van der Waals surface area contributed by atoms with E-state index in [4.69, 9.17) is 5.11 Å². The minimum absolute atomic E-state index is 0.126. The molecule has 1 aliphatic carbocycles. The van der Waals surface area contributed by atoms with Crippen molar-refractivity contribution in [2.75, 3.05) is 0 Å². The number of aromatic nitrogens is 1. The van der Waals surface area contributed by atoms with E-state index in [0.29, 0.717) is 0 Å². The van der Waals surface area contributed by atoms with E-state index in [9.17, 15) is 4.79 Å². The first-order valence-corrected chi connectivity index (χ1v) is 5.01. The van der Waals surface area contributed by atoms with Crippen LogP contribution in [-0.4, -0.2) is 15.6 Å². The van der Waals surface area contributed by atoms with Crippen LogP contribution in [0.25, 0.3) is 0 Å². The fourth-order valence-corrected chi connectivity index (χ4v) is 1.78. The summed E-state index contributed by atoms with van der Waals surface area (Å²) in [6.07, 6.45) is 5.97. The summed E-state index contributed by atoms with van der Waals surface area (Å²) >= 11 is 0. The standard InChI is InChI=1S/C11H15NO2/c1-12-7-9(4-8-2-3-8)5-10(12)6-11(13)14/h5,7-8H,2-4,6H2,1H3,(H,13,14). The largest absolute Gasteiger partial charge is 0.481 e. The van der Waals surface area contributed by atoms with E-state index in [-0.39, 0.29) is 6.42 Å². The number of hydrogen-bond donors (Lipinski definition) is 1. The maximum Gasteiger partial charge on any atom is 0.309 e. The second kappa shape index (κ2) is 3.48. The van der Waals surface area contributed by atoms with E-state index in [1.165, 1.54) is 18.4 Å². The van der Waals surface area contributed by atoms with Crippen LogP contribution in [0.5, 0.6) is 0 Å². The number of hydrogen-bond acceptors (Lipinski definition) is 1. The Balaban J connectivity index is 2.07. The van der Waals surface area contributed by atoms with Gasteiger partial charge in [0.05, 0.1) is 6.42 Å². The molecule has 0 atom stereocenters.